The lowest BCUT2D eigenvalue weighted by molar-refractivity contribution is 1.33. The van der Waals surface area contributed by atoms with Gasteiger partial charge in [-0.15, -0.1) is 11.5 Å². The fraction of sp³-hybridized carbons (Fsp3) is 0. The first-order valence-electron chi connectivity index (χ1n) is 12.7. The molecule has 0 fully saturated rings. The molecule has 2 aliphatic rings. The molecule has 2 aromatic heterocycles. The van der Waals surface area contributed by atoms with E-state index in [2.05, 4.69) is 102 Å². The van der Waals surface area contributed by atoms with Gasteiger partial charge in [0.25, 0.3) is 0 Å². The maximum Gasteiger partial charge on any atom is 0.0978 e. The van der Waals surface area contributed by atoms with Crippen molar-refractivity contribution >= 4 is 44.8 Å². The van der Waals surface area contributed by atoms with E-state index >= 15 is 0 Å². The Morgan fingerprint density at radius 3 is 2.42 bits per heavy atom. The van der Waals surface area contributed by atoms with E-state index in [0.717, 1.165) is 65.8 Å². The lowest BCUT2D eigenvalue weighted by Crippen LogP contribution is -2.21. The van der Waals surface area contributed by atoms with Gasteiger partial charge in [-0.1, -0.05) is 85.0 Å². The van der Waals surface area contributed by atoms with Crippen LogP contribution >= 0.6 is 0 Å². The van der Waals surface area contributed by atoms with Gasteiger partial charge >= 0.3 is 0 Å². The first-order valence-corrected chi connectivity index (χ1v) is 12.7. The van der Waals surface area contributed by atoms with E-state index in [1.807, 2.05) is 42.6 Å². The van der Waals surface area contributed by atoms with Gasteiger partial charge in [-0.2, -0.15) is 0 Å². The second kappa shape index (κ2) is 9.32. The van der Waals surface area contributed by atoms with Crippen LogP contribution in [0.15, 0.2) is 133 Å². The molecule has 2 heteroatoms. The van der Waals surface area contributed by atoms with Gasteiger partial charge in [0.15, 0.2) is 0 Å². The molecule has 0 N–H and O–H groups in total. The van der Waals surface area contributed by atoms with Crippen LogP contribution in [-0.4, -0.2) is 9.97 Å². The van der Waals surface area contributed by atoms with Crippen molar-refractivity contribution in [2.45, 2.75) is 0 Å². The SMILES string of the molecule is C1=CC=CC(c2cc(C3=CC=c4ccccc4=C=C3)nc3c2ccc2c(-c4ccccc4)ccnc23)=CC=1. The fourth-order valence-electron chi connectivity index (χ4n) is 5.11. The summed E-state index contributed by atoms with van der Waals surface area (Å²) < 4.78 is 0. The van der Waals surface area contributed by atoms with E-state index in [1.54, 1.807) is 0 Å². The number of benzene rings is 3. The summed E-state index contributed by atoms with van der Waals surface area (Å²) in [6, 6.07) is 27.4. The Hall–Kier alpha value is -5.26. The third-order valence-corrected chi connectivity index (χ3v) is 7.00. The minimum Gasteiger partial charge on any atom is -0.254 e. The number of aromatic nitrogens is 2. The van der Waals surface area contributed by atoms with Gasteiger partial charge < -0.3 is 0 Å². The summed E-state index contributed by atoms with van der Waals surface area (Å²) in [5.41, 5.74) is 14.9. The average molecular weight is 483 g/mol. The zero-order valence-corrected chi connectivity index (χ0v) is 20.6. The predicted molar refractivity (Wildman–Crippen MR) is 158 cm³/mol. The van der Waals surface area contributed by atoms with Crippen molar-refractivity contribution in [2.24, 2.45) is 0 Å². The van der Waals surface area contributed by atoms with E-state index in [4.69, 9.17) is 9.97 Å². The first-order chi connectivity index (χ1) is 18.8. The molecule has 0 spiro atoms. The van der Waals surface area contributed by atoms with Crippen LogP contribution in [0.3, 0.4) is 0 Å². The van der Waals surface area contributed by atoms with E-state index in [1.165, 1.54) is 0 Å². The molecule has 0 radical (unpaired) electrons. The van der Waals surface area contributed by atoms with Gasteiger partial charge in [0, 0.05) is 27.8 Å². The Morgan fingerprint density at radius 2 is 1.50 bits per heavy atom. The number of rotatable bonds is 3. The highest BCUT2D eigenvalue weighted by Crippen LogP contribution is 2.36. The summed E-state index contributed by atoms with van der Waals surface area (Å²) in [5.74, 6) is 0. The average Bonchev–Trinajstić information content (AvgIpc) is 3.38. The van der Waals surface area contributed by atoms with Crippen molar-refractivity contribution in [3.8, 4) is 11.1 Å². The molecule has 38 heavy (non-hydrogen) atoms. The molecule has 2 heterocycles. The van der Waals surface area contributed by atoms with E-state index in [0.29, 0.717) is 0 Å². The molecule has 3 aromatic carbocycles. The van der Waals surface area contributed by atoms with Crippen LogP contribution in [0.1, 0.15) is 11.3 Å². The minimum atomic E-state index is 0.888. The van der Waals surface area contributed by atoms with Gasteiger partial charge in [-0.05, 0) is 70.0 Å². The third kappa shape index (κ3) is 3.88. The fourth-order valence-corrected chi connectivity index (χ4v) is 5.11. The molecule has 0 unspecified atom stereocenters. The van der Waals surface area contributed by atoms with Crippen LogP contribution in [0.5, 0.6) is 0 Å². The molecule has 0 saturated carbocycles. The molecule has 2 aliphatic carbocycles. The van der Waals surface area contributed by atoms with Crippen LogP contribution in [0.4, 0.5) is 0 Å². The first kappa shape index (κ1) is 22.0. The van der Waals surface area contributed by atoms with Crippen LogP contribution in [0.25, 0.3) is 55.9 Å². The quantitative estimate of drug-likeness (QED) is 0.206. The summed E-state index contributed by atoms with van der Waals surface area (Å²) in [4.78, 5) is 10.1. The Bertz CT molecular complexity index is 2080. The highest BCUT2D eigenvalue weighted by Gasteiger charge is 2.15. The second-order valence-electron chi connectivity index (χ2n) is 9.28. The van der Waals surface area contributed by atoms with Crippen LogP contribution in [0, 0.1) is 0 Å². The normalized spacial score (nSPS) is 13.8. The lowest BCUT2D eigenvalue weighted by Gasteiger charge is -2.14. The standard InChI is InChI=1S/C36H22N2/c1-2-5-15-28(14-4-1)33-24-34(29-18-16-25-10-8-9-11-26(25)17-19-29)38-36-32(33)21-20-31-30(22-23-37-35(31)36)27-12-6-3-7-13-27/h1,3-16,18-24H. The molecule has 7 rings (SSSR count). The highest BCUT2D eigenvalue weighted by atomic mass is 14.8. The van der Waals surface area contributed by atoms with Crippen molar-refractivity contribution in [3.63, 3.8) is 0 Å². The molecule has 0 atom stereocenters. The monoisotopic (exact) mass is 482 g/mol. The number of pyridine rings is 2. The molecular formula is C36H22N2. The lowest BCUT2D eigenvalue weighted by atomic mass is 9.94. The number of hydrogen-bond donors (Lipinski definition) is 0. The van der Waals surface area contributed by atoms with Crippen molar-refractivity contribution in [3.05, 3.63) is 155 Å². The maximum atomic E-state index is 5.24. The highest BCUT2D eigenvalue weighted by molar-refractivity contribution is 6.11. The zero-order valence-electron chi connectivity index (χ0n) is 20.6. The molecule has 5 aromatic rings. The number of allylic oxidation sites excluding steroid dienone is 8. The summed E-state index contributed by atoms with van der Waals surface area (Å²) in [6.45, 7) is 0. The van der Waals surface area contributed by atoms with Crippen molar-refractivity contribution < 1.29 is 0 Å². The number of nitrogens with zero attached hydrogens (tertiary/aromatic N) is 2. The molecular weight excluding hydrogens is 460 g/mol. The number of fused-ring (bicyclic) bond motifs is 4. The van der Waals surface area contributed by atoms with Crippen molar-refractivity contribution in [2.75, 3.05) is 0 Å². The van der Waals surface area contributed by atoms with Gasteiger partial charge in [-0.3, -0.25) is 4.98 Å². The molecule has 0 bridgehead atoms. The second-order valence-corrected chi connectivity index (χ2v) is 9.28. The largest absolute Gasteiger partial charge is 0.254 e. The van der Waals surface area contributed by atoms with Crippen molar-refractivity contribution in [1.29, 1.82) is 0 Å². The number of hydrogen-bond acceptors (Lipinski definition) is 2. The van der Waals surface area contributed by atoms with Gasteiger partial charge in [0.1, 0.15) is 0 Å². The van der Waals surface area contributed by atoms with Gasteiger partial charge in [0.05, 0.1) is 16.7 Å². The van der Waals surface area contributed by atoms with Crippen LogP contribution in [0.2, 0.25) is 0 Å². The molecule has 0 amide bonds. The van der Waals surface area contributed by atoms with E-state index in [-0.39, 0.29) is 0 Å². The zero-order chi connectivity index (χ0) is 25.3. The van der Waals surface area contributed by atoms with E-state index < -0.39 is 0 Å². The smallest absolute Gasteiger partial charge is 0.0978 e. The topological polar surface area (TPSA) is 25.8 Å². The molecule has 0 saturated heterocycles. The molecule has 2 nitrogen and oxygen atoms in total. The molecule has 176 valence electrons. The summed E-state index contributed by atoms with van der Waals surface area (Å²) >= 11 is 0. The Morgan fingerprint density at radius 1 is 0.658 bits per heavy atom. The maximum absolute atomic E-state index is 5.24. The minimum absolute atomic E-state index is 0.888. The van der Waals surface area contributed by atoms with Crippen molar-refractivity contribution in [1.82, 2.24) is 9.97 Å². The van der Waals surface area contributed by atoms with Crippen LogP contribution < -0.4 is 10.4 Å². The third-order valence-electron chi connectivity index (χ3n) is 7.00. The van der Waals surface area contributed by atoms with Gasteiger partial charge in [-0.25, -0.2) is 4.98 Å². The molecule has 0 aliphatic heterocycles. The van der Waals surface area contributed by atoms with Gasteiger partial charge in [0.2, 0.25) is 0 Å². The summed E-state index contributed by atoms with van der Waals surface area (Å²) in [6.07, 6.45) is 18.3. The van der Waals surface area contributed by atoms with E-state index in [9.17, 15) is 0 Å². The summed E-state index contributed by atoms with van der Waals surface area (Å²) in [5, 5.41) is 4.37. The Balaban J connectivity index is 1.53. The predicted octanol–water partition coefficient (Wildman–Crippen LogP) is 6.93. The Kier molecular flexibility index (Phi) is 5.39. The summed E-state index contributed by atoms with van der Waals surface area (Å²) in [7, 11) is 0. The van der Waals surface area contributed by atoms with Crippen LogP contribution in [-0.2, 0) is 0 Å². The Labute approximate surface area is 220 Å².